The molecule has 4 aromatic heterocycles. The summed E-state index contributed by atoms with van der Waals surface area (Å²) in [6.07, 6.45) is 0. The van der Waals surface area contributed by atoms with Crippen LogP contribution in [0.1, 0.15) is 0 Å². The lowest BCUT2D eigenvalue weighted by molar-refractivity contribution is 0.979. The summed E-state index contributed by atoms with van der Waals surface area (Å²) in [5, 5.41) is 5.89. The summed E-state index contributed by atoms with van der Waals surface area (Å²) in [7, 11) is 0. The molecule has 0 aliphatic carbocycles. The van der Waals surface area contributed by atoms with E-state index in [0.717, 1.165) is 61.4 Å². The van der Waals surface area contributed by atoms with Crippen LogP contribution in [-0.2, 0) is 0 Å². The first-order valence-electron chi connectivity index (χ1n) is 20.7. The molecule has 0 saturated heterocycles. The molecule has 0 bridgehead atoms. The number of hydrogen-bond donors (Lipinski definition) is 0. The Labute approximate surface area is 350 Å². The van der Waals surface area contributed by atoms with Gasteiger partial charge in [-0.05, 0) is 100 Å². The molecule has 13 aromatic rings. The molecular formula is C56H35N5. The van der Waals surface area contributed by atoms with Gasteiger partial charge in [-0.15, -0.1) is 0 Å². The topological polar surface area (TPSA) is 40.0 Å². The number of nitrogens with zero attached hydrogens (tertiary/aromatic N) is 5. The molecule has 9 aromatic carbocycles. The zero-order valence-corrected chi connectivity index (χ0v) is 32.9. The number of aromatic nitrogens is 5. The van der Waals surface area contributed by atoms with E-state index in [4.69, 9.17) is 9.97 Å². The SMILES string of the molecule is c1ccc(-c2ccc(-n3c4ccccc4c4cc(-c5ccc(-c6ccc7c8ccccc8n(-c8nc9ccccc9c9nc%10ccccc%10n89)c7c6)cc5)ccc43)cc2)cc1. The average Bonchev–Trinajstić information content (AvgIpc) is 4.00. The molecule has 0 saturated carbocycles. The number of para-hydroxylation sites is 5. The van der Waals surface area contributed by atoms with Crippen molar-refractivity contribution in [3.63, 3.8) is 0 Å². The van der Waals surface area contributed by atoms with Gasteiger partial charge in [-0.3, -0.25) is 8.97 Å². The minimum atomic E-state index is 0.821. The van der Waals surface area contributed by atoms with Crippen molar-refractivity contribution in [1.29, 1.82) is 0 Å². The van der Waals surface area contributed by atoms with Crippen LogP contribution in [-0.4, -0.2) is 23.5 Å². The number of imidazole rings is 1. The molecular weight excluding hydrogens is 743 g/mol. The molecule has 0 spiro atoms. The number of fused-ring (bicyclic) bond motifs is 11. The molecule has 5 heteroatoms. The van der Waals surface area contributed by atoms with Crippen LogP contribution in [0.2, 0.25) is 0 Å². The second-order valence-corrected chi connectivity index (χ2v) is 15.8. The maximum absolute atomic E-state index is 5.37. The number of rotatable bonds is 5. The third kappa shape index (κ3) is 5.14. The van der Waals surface area contributed by atoms with Crippen LogP contribution in [0.3, 0.4) is 0 Å². The summed E-state index contributed by atoms with van der Waals surface area (Å²) in [5.41, 5.74) is 16.7. The van der Waals surface area contributed by atoms with Gasteiger partial charge in [-0.2, -0.15) is 0 Å². The van der Waals surface area contributed by atoms with Crippen LogP contribution in [0.5, 0.6) is 0 Å². The molecule has 0 atom stereocenters. The van der Waals surface area contributed by atoms with Crippen molar-refractivity contribution < 1.29 is 0 Å². The van der Waals surface area contributed by atoms with Gasteiger partial charge in [0.05, 0.1) is 38.6 Å². The Morgan fingerprint density at radius 3 is 1.52 bits per heavy atom. The first kappa shape index (κ1) is 33.7. The van der Waals surface area contributed by atoms with E-state index >= 15 is 0 Å². The molecule has 0 aliphatic rings. The quantitative estimate of drug-likeness (QED) is 0.175. The fourth-order valence-electron chi connectivity index (χ4n) is 9.56. The molecule has 13 rings (SSSR count). The Kier molecular flexibility index (Phi) is 7.24. The molecule has 0 radical (unpaired) electrons. The predicted molar refractivity (Wildman–Crippen MR) is 253 cm³/mol. The van der Waals surface area contributed by atoms with Crippen molar-refractivity contribution in [3.8, 4) is 45.0 Å². The monoisotopic (exact) mass is 777 g/mol. The maximum Gasteiger partial charge on any atom is 0.221 e. The van der Waals surface area contributed by atoms with Gasteiger partial charge in [0.1, 0.15) is 5.65 Å². The highest BCUT2D eigenvalue weighted by molar-refractivity contribution is 6.12. The molecule has 61 heavy (non-hydrogen) atoms. The van der Waals surface area contributed by atoms with E-state index in [0.29, 0.717) is 0 Å². The Bertz CT molecular complexity index is 3850. The van der Waals surface area contributed by atoms with Crippen molar-refractivity contribution in [2.45, 2.75) is 0 Å². The van der Waals surface area contributed by atoms with Crippen molar-refractivity contribution in [1.82, 2.24) is 23.5 Å². The highest BCUT2D eigenvalue weighted by Gasteiger charge is 2.20. The van der Waals surface area contributed by atoms with E-state index in [2.05, 4.69) is 214 Å². The van der Waals surface area contributed by atoms with Gasteiger partial charge < -0.3 is 4.57 Å². The second-order valence-electron chi connectivity index (χ2n) is 15.8. The molecule has 0 aliphatic heterocycles. The van der Waals surface area contributed by atoms with Crippen LogP contribution in [0.15, 0.2) is 212 Å². The normalized spacial score (nSPS) is 11.9. The highest BCUT2D eigenvalue weighted by Crippen LogP contribution is 2.39. The number of hydrogen-bond acceptors (Lipinski definition) is 2. The Morgan fingerprint density at radius 2 is 0.770 bits per heavy atom. The fourth-order valence-corrected chi connectivity index (χ4v) is 9.56. The van der Waals surface area contributed by atoms with E-state index < -0.39 is 0 Å². The van der Waals surface area contributed by atoms with Crippen LogP contribution < -0.4 is 0 Å². The maximum atomic E-state index is 5.37. The lowest BCUT2D eigenvalue weighted by Gasteiger charge is -2.13. The van der Waals surface area contributed by atoms with Crippen LogP contribution in [0.4, 0.5) is 0 Å². The standard InChI is InChI=1S/C56H35N5/c1-2-12-36(13-3-1)37-26-30-42(31-27-37)59-50-19-9-6-15-44(50)47-34-40(29-33-52(47)59)38-22-24-39(25-23-38)41-28-32-45-43-14-5-10-20-51(43)60(54(45)35-41)56-58-48-17-7-4-16-46(48)55-57-49-18-8-11-21-53(49)61(55)56/h1-35H. The molecule has 0 N–H and O–H groups in total. The Morgan fingerprint density at radius 1 is 0.279 bits per heavy atom. The van der Waals surface area contributed by atoms with E-state index in [1.165, 1.54) is 54.8 Å². The van der Waals surface area contributed by atoms with Crippen LogP contribution >= 0.6 is 0 Å². The van der Waals surface area contributed by atoms with E-state index in [-0.39, 0.29) is 0 Å². The lowest BCUT2D eigenvalue weighted by atomic mass is 9.98. The van der Waals surface area contributed by atoms with Crippen molar-refractivity contribution in [2.24, 2.45) is 0 Å². The minimum Gasteiger partial charge on any atom is -0.309 e. The Hall–Kier alpha value is -8.28. The zero-order chi connectivity index (χ0) is 40.0. The van der Waals surface area contributed by atoms with Crippen LogP contribution in [0, 0.1) is 0 Å². The summed E-state index contributed by atoms with van der Waals surface area (Å²) >= 11 is 0. The summed E-state index contributed by atoms with van der Waals surface area (Å²) in [4.78, 5) is 10.5. The van der Waals surface area contributed by atoms with Crippen molar-refractivity contribution in [2.75, 3.05) is 0 Å². The number of benzene rings is 9. The van der Waals surface area contributed by atoms with Crippen LogP contribution in [0.25, 0.3) is 116 Å². The van der Waals surface area contributed by atoms with Gasteiger partial charge >= 0.3 is 0 Å². The first-order chi connectivity index (χ1) is 30.2. The minimum absolute atomic E-state index is 0.821. The summed E-state index contributed by atoms with van der Waals surface area (Å²) in [5.74, 6) is 0.821. The van der Waals surface area contributed by atoms with Gasteiger partial charge in [0, 0.05) is 32.6 Å². The Balaban J connectivity index is 0.918. The summed E-state index contributed by atoms with van der Waals surface area (Å²) < 4.78 is 6.93. The van der Waals surface area contributed by atoms with E-state index in [1.807, 2.05) is 12.1 Å². The van der Waals surface area contributed by atoms with E-state index in [1.54, 1.807) is 0 Å². The zero-order valence-electron chi connectivity index (χ0n) is 32.9. The summed E-state index contributed by atoms with van der Waals surface area (Å²) in [6.45, 7) is 0. The molecule has 0 amide bonds. The molecule has 4 heterocycles. The van der Waals surface area contributed by atoms with E-state index in [9.17, 15) is 0 Å². The molecule has 0 fully saturated rings. The smallest absolute Gasteiger partial charge is 0.221 e. The van der Waals surface area contributed by atoms with Gasteiger partial charge in [0.25, 0.3) is 0 Å². The average molecular weight is 778 g/mol. The largest absolute Gasteiger partial charge is 0.309 e. The van der Waals surface area contributed by atoms with Gasteiger partial charge in [-0.25, -0.2) is 9.97 Å². The molecule has 284 valence electrons. The molecule has 5 nitrogen and oxygen atoms in total. The highest BCUT2D eigenvalue weighted by atomic mass is 15.2. The van der Waals surface area contributed by atoms with Crippen molar-refractivity contribution >= 4 is 71.2 Å². The third-order valence-electron chi connectivity index (χ3n) is 12.5. The summed E-state index contributed by atoms with van der Waals surface area (Å²) in [6, 6.07) is 76.2. The fraction of sp³-hybridized carbons (Fsp3) is 0. The van der Waals surface area contributed by atoms with Crippen molar-refractivity contribution in [3.05, 3.63) is 212 Å². The predicted octanol–water partition coefficient (Wildman–Crippen LogP) is 14.2. The van der Waals surface area contributed by atoms with Gasteiger partial charge in [0.2, 0.25) is 5.95 Å². The second kappa shape index (κ2) is 13.1. The van der Waals surface area contributed by atoms with Gasteiger partial charge in [0.15, 0.2) is 0 Å². The lowest BCUT2D eigenvalue weighted by Crippen LogP contribution is -2.06. The first-order valence-corrected chi connectivity index (χ1v) is 20.7. The van der Waals surface area contributed by atoms with Gasteiger partial charge in [-0.1, -0.05) is 146 Å². The third-order valence-corrected chi connectivity index (χ3v) is 12.5. The molecule has 0 unspecified atom stereocenters.